The van der Waals surface area contributed by atoms with Crippen LogP contribution >= 0.6 is 0 Å². The summed E-state index contributed by atoms with van der Waals surface area (Å²) in [6, 6.07) is 19.9. The molecule has 1 atom stereocenters. The number of hydrogen-bond donors (Lipinski definition) is 0. The fraction of sp³-hybridized carbons (Fsp3) is 0.125. The second-order valence-corrected chi connectivity index (χ2v) is 7.26. The van der Waals surface area contributed by atoms with Gasteiger partial charge in [-0.15, -0.1) is 0 Å². The lowest BCUT2D eigenvalue weighted by molar-refractivity contribution is -0.384. The van der Waals surface area contributed by atoms with Crippen molar-refractivity contribution < 1.29 is 24.0 Å². The number of fused-ring (bicyclic) bond motifs is 1. The highest BCUT2D eigenvalue weighted by molar-refractivity contribution is 6.22. The van der Waals surface area contributed by atoms with Gasteiger partial charge in [-0.1, -0.05) is 42.5 Å². The molecule has 0 N–H and O–H groups in total. The summed E-state index contributed by atoms with van der Waals surface area (Å²) in [4.78, 5) is 50.2. The number of carbonyl (C=O) groups is 3. The minimum Gasteiger partial charge on any atom is -0.459 e. The van der Waals surface area contributed by atoms with Crippen LogP contribution in [0, 0.1) is 10.1 Å². The fourth-order valence-electron chi connectivity index (χ4n) is 3.57. The van der Waals surface area contributed by atoms with Gasteiger partial charge in [0.1, 0.15) is 12.6 Å². The Bertz CT molecular complexity index is 1160. The number of amides is 2. The number of imide groups is 1. The molecule has 8 nitrogen and oxygen atoms in total. The molecule has 32 heavy (non-hydrogen) atoms. The van der Waals surface area contributed by atoms with Crippen LogP contribution in [0.5, 0.6) is 0 Å². The number of hydrogen-bond acceptors (Lipinski definition) is 6. The summed E-state index contributed by atoms with van der Waals surface area (Å²) in [7, 11) is 0. The molecule has 0 radical (unpaired) electrons. The van der Waals surface area contributed by atoms with E-state index in [1.807, 2.05) is 6.07 Å². The molecule has 3 aromatic carbocycles. The van der Waals surface area contributed by atoms with E-state index in [1.54, 1.807) is 48.5 Å². The van der Waals surface area contributed by atoms with E-state index < -0.39 is 28.7 Å². The Kier molecular flexibility index (Phi) is 5.76. The van der Waals surface area contributed by atoms with Gasteiger partial charge in [0, 0.05) is 18.6 Å². The second kappa shape index (κ2) is 8.81. The number of ether oxygens (including phenoxy) is 1. The molecule has 0 aliphatic carbocycles. The van der Waals surface area contributed by atoms with Crippen LogP contribution in [0.15, 0.2) is 78.9 Å². The summed E-state index contributed by atoms with van der Waals surface area (Å²) in [5, 5.41) is 10.8. The molecule has 0 saturated carbocycles. The van der Waals surface area contributed by atoms with Crippen LogP contribution < -0.4 is 0 Å². The van der Waals surface area contributed by atoms with E-state index in [-0.39, 0.29) is 29.8 Å². The minimum absolute atomic E-state index is 0.0759. The Morgan fingerprint density at radius 3 is 1.97 bits per heavy atom. The molecule has 0 bridgehead atoms. The fourth-order valence-corrected chi connectivity index (χ4v) is 3.57. The molecular weight excluding hydrogens is 412 g/mol. The standard InChI is InChI=1S/C24H18N2O6/c27-22-19-8-4-5-9-20(19)23(28)25(22)21(14-16-6-2-1-3-7-16)24(29)32-15-17-10-12-18(13-11-17)26(30)31/h1-13,21H,14-15H2. The van der Waals surface area contributed by atoms with Crippen LogP contribution in [0.2, 0.25) is 0 Å². The number of esters is 1. The quantitative estimate of drug-likeness (QED) is 0.246. The van der Waals surface area contributed by atoms with Crippen molar-refractivity contribution in [3.8, 4) is 0 Å². The predicted molar refractivity (Wildman–Crippen MR) is 114 cm³/mol. The molecule has 1 heterocycles. The van der Waals surface area contributed by atoms with Crippen LogP contribution in [0.25, 0.3) is 0 Å². The molecule has 1 unspecified atom stereocenters. The van der Waals surface area contributed by atoms with Crippen LogP contribution in [0.4, 0.5) is 5.69 Å². The maximum atomic E-state index is 13.0. The van der Waals surface area contributed by atoms with E-state index in [9.17, 15) is 24.5 Å². The van der Waals surface area contributed by atoms with Crippen LogP contribution in [0.3, 0.4) is 0 Å². The zero-order chi connectivity index (χ0) is 22.7. The predicted octanol–water partition coefficient (Wildman–Crippen LogP) is 3.55. The summed E-state index contributed by atoms with van der Waals surface area (Å²) in [6.45, 7) is -0.148. The summed E-state index contributed by atoms with van der Waals surface area (Å²) in [5.74, 6) is -1.82. The molecular formula is C24H18N2O6. The Morgan fingerprint density at radius 1 is 0.844 bits per heavy atom. The Balaban J connectivity index is 1.57. The van der Waals surface area contributed by atoms with Crippen molar-refractivity contribution >= 4 is 23.5 Å². The maximum absolute atomic E-state index is 13.0. The molecule has 0 fully saturated rings. The van der Waals surface area contributed by atoms with E-state index in [0.717, 1.165) is 10.5 Å². The Hall–Kier alpha value is -4.33. The SMILES string of the molecule is O=C(OCc1ccc([N+](=O)[O-])cc1)C(Cc1ccccc1)N1C(=O)c2ccccc2C1=O. The first-order valence-corrected chi connectivity index (χ1v) is 9.86. The summed E-state index contributed by atoms with van der Waals surface area (Å²) in [5.41, 5.74) is 1.73. The molecule has 3 aromatic rings. The molecule has 160 valence electrons. The average Bonchev–Trinajstić information content (AvgIpc) is 3.07. The molecule has 4 rings (SSSR count). The van der Waals surface area contributed by atoms with Crippen LogP contribution in [-0.2, 0) is 22.6 Å². The Labute approximate surface area is 183 Å². The summed E-state index contributed by atoms with van der Waals surface area (Å²) in [6.07, 6.45) is 0.103. The van der Waals surface area contributed by atoms with Crippen LogP contribution in [-0.4, -0.2) is 33.6 Å². The van der Waals surface area contributed by atoms with Gasteiger partial charge in [0.15, 0.2) is 0 Å². The first-order valence-electron chi connectivity index (χ1n) is 9.86. The maximum Gasteiger partial charge on any atom is 0.330 e. The average molecular weight is 430 g/mol. The van der Waals surface area contributed by atoms with E-state index in [0.29, 0.717) is 5.56 Å². The zero-order valence-electron chi connectivity index (χ0n) is 16.8. The van der Waals surface area contributed by atoms with Gasteiger partial charge in [0.25, 0.3) is 17.5 Å². The molecule has 1 aliphatic heterocycles. The normalized spacial score (nSPS) is 13.6. The number of non-ortho nitro benzene ring substituents is 1. The van der Waals surface area contributed by atoms with Gasteiger partial charge in [-0.05, 0) is 35.4 Å². The molecule has 0 spiro atoms. The highest BCUT2D eigenvalue weighted by Crippen LogP contribution is 2.26. The van der Waals surface area contributed by atoms with E-state index in [1.165, 1.54) is 24.3 Å². The van der Waals surface area contributed by atoms with Gasteiger partial charge < -0.3 is 4.74 Å². The van der Waals surface area contributed by atoms with Crippen molar-refractivity contribution in [3.05, 3.63) is 111 Å². The molecule has 2 amide bonds. The lowest BCUT2D eigenvalue weighted by atomic mass is 10.0. The summed E-state index contributed by atoms with van der Waals surface area (Å²) < 4.78 is 5.42. The van der Waals surface area contributed by atoms with Gasteiger partial charge in [0.05, 0.1) is 16.1 Å². The molecule has 8 heteroatoms. The number of nitro groups is 1. The van der Waals surface area contributed by atoms with Crippen molar-refractivity contribution in [2.75, 3.05) is 0 Å². The summed E-state index contributed by atoms with van der Waals surface area (Å²) >= 11 is 0. The highest BCUT2D eigenvalue weighted by atomic mass is 16.6. The van der Waals surface area contributed by atoms with Gasteiger partial charge in [-0.25, -0.2) is 4.79 Å². The monoisotopic (exact) mass is 430 g/mol. The van der Waals surface area contributed by atoms with E-state index >= 15 is 0 Å². The van der Waals surface area contributed by atoms with Gasteiger partial charge in [0.2, 0.25) is 0 Å². The van der Waals surface area contributed by atoms with E-state index in [2.05, 4.69) is 0 Å². The molecule has 1 aliphatic rings. The topological polar surface area (TPSA) is 107 Å². The second-order valence-electron chi connectivity index (χ2n) is 7.26. The number of nitro benzene ring substituents is 1. The molecule has 0 saturated heterocycles. The van der Waals surface area contributed by atoms with Crippen molar-refractivity contribution in [2.45, 2.75) is 19.1 Å². The highest BCUT2D eigenvalue weighted by Gasteiger charge is 2.43. The van der Waals surface area contributed by atoms with Crippen molar-refractivity contribution in [2.24, 2.45) is 0 Å². The lowest BCUT2D eigenvalue weighted by Crippen LogP contribution is -2.47. The van der Waals surface area contributed by atoms with Crippen molar-refractivity contribution in [1.82, 2.24) is 4.90 Å². The third kappa shape index (κ3) is 4.11. The third-order valence-electron chi connectivity index (χ3n) is 5.21. The minimum atomic E-state index is -1.15. The van der Waals surface area contributed by atoms with Crippen molar-refractivity contribution in [3.63, 3.8) is 0 Å². The first kappa shape index (κ1) is 20.9. The zero-order valence-corrected chi connectivity index (χ0v) is 16.8. The smallest absolute Gasteiger partial charge is 0.330 e. The number of rotatable bonds is 7. The van der Waals surface area contributed by atoms with E-state index in [4.69, 9.17) is 4.74 Å². The third-order valence-corrected chi connectivity index (χ3v) is 5.21. The Morgan fingerprint density at radius 2 is 1.41 bits per heavy atom. The van der Waals surface area contributed by atoms with Gasteiger partial charge in [-0.2, -0.15) is 0 Å². The largest absolute Gasteiger partial charge is 0.459 e. The number of nitrogens with zero attached hydrogens (tertiary/aromatic N) is 2. The molecule has 0 aromatic heterocycles. The lowest BCUT2D eigenvalue weighted by Gasteiger charge is -2.24. The van der Waals surface area contributed by atoms with Crippen LogP contribution in [0.1, 0.15) is 31.8 Å². The van der Waals surface area contributed by atoms with Gasteiger partial charge in [-0.3, -0.25) is 24.6 Å². The number of carbonyl (C=O) groups excluding carboxylic acids is 3. The number of benzene rings is 3. The van der Waals surface area contributed by atoms with Gasteiger partial charge >= 0.3 is 5.97 Å². The van der Waals surface area contributed by atoms with Crippen molar-refractivity contribution in [1.29, 1.82) is 0 Å². The first-order chi connectivity index (χ1) is 15.5.